The van der Waals surface area contributed by atoms with Crippen molar-refractivity contribution in [2.24, 2.45) is 0 Å². The van der Waals surface area contributed by atoms with Crippen LogP contribution in [-0.4, -0.2) is 5.91 Å². The first kappa shape index (κ1) is 14.6. The monoisotopic (exact) mass is 409 g/mol. The maximum Gasteiger partial charge on any atom is 0.256 e. The van der Waals surface area contributed by atoms with E-state index in [1.54, 1.807) is 12.1 Å². The summed E-state index contributed by atoms with van der Waals surface area (Å²) >= 11 is 13.4. The molecule has 0 aliphatic carbocycles. The lowest BCUT2D eigenvalue weighted by molar-refractivity contribution is 0.102. The second-order valence-corrected chi connectivity index (χ2v) is 5.66. The van der Waals surface area contributed by atoms with Gasteiger partial charge in [0.05, 0.1) is 15.6 Å². The lowest BCUT2D eigenvalue weighted by Crippen LogP contribution is -2.13. The number of carbonyl (C=O) groups excluding carboxylic acids is 1. The highest BCUT2D eigenvalue weighted by Gasteiger charge is 2.12. The van der Waals surface area contributed by atoms with Crippen molar-refractivity contribution in [1.82, 2.24) is 0 Å². The molecule has 0 heterocycles. The van der Waals surface area contributed by atoms with E-state index >= 15 is 0 Å². The summed E-state index contributed by atoms with van der Waals surface area (Å²) in [5.74, 6) is -1.00. The van der Waals surface area contributed by atoms with Crippen molar-refractivity contribution in [2.45, 2.75) is 0 Å². The minimum absolute atomic E-state index is 0.134. The van der Waals surface area contributed by atoms with Gasteiger partial charge in [-0.25, -0.2) is 4.39 Å². The molecule has 0 aliphatic rings. The van der Waals surface area contributed by atoms with Gasteiger partial charge >= 0.3 is 0 Å². The average molecular weight is 410 g/mol. The van der Waals surface area contributed by atoms with Crippen LogP contribution in [-0.2, 0) is 0 Å². The first-order chi connectivity index (χ1) is 8.99. The summed E-state index contributed by atoms with van der Waals surface area (Å²) in [4.78, 5) is 12.0. The number of benzene rings is 2. The highest BCUT2D eigenvalue weighted by atomic mass is 127. The lowest BCUT2D eigenvalue weighted by Gasteiger charge is -2.08. The molecule has 0 bridgehead atoms. The summed E-state index contributed by atoms with van der Waals surface area (Å²) in [5.41, 5.74) is 0.876. The predicted octanol–water partition coefficient (Wildman–Crippen LogP) is 4.99. The van der Waals surface area contributed by atoms with Crippen molar-refractivity contribution < 1.29 is 9.18 Å². The fraction of sp³-hybridized carbons (Fsp3) is 0. The van der Waals surface area contributed by atoms with E-state index in [1.807, 2.05) is 12.1 Å². The van der Waals surface area contributed by atoms with Gasteiger partial charge in [-0.05, 0) is 46.9 Å². The van der Waals surface area contributed by atoms with Crippen LogP contribution >= 0.6 is 45.8 Å². The molecule has 0 aliphatic heterocycles. The molecular weight excluding hydrogens is 403 g/mol. The molecule has 2 nitrogen and oxygen atoms in total. The molecular formula is C13H7Cl2FINO. The molecule has 98 valence electrons. The van der Waals surface area contributed by atoms with Gasteiger partial charge < -0.3 is 5.32 Å². The fourth-order valence-electron chi connectivity index (χ4n) is 1.47. The number of nitrogens with one attached hydrogen (secondary N) is 1. The Morgan fingerprint density at radius 1 is 1.16 bits per heavy atom. The molecule has 1 N–H and O–H groups in total. The molecule has 0 atom stereocenters. The van der Waals surface area contributed by atoms with Gasteiger partial charge in [-0.2, -0.15) is 0 Å². The third-order valence-electron chi connectivity index (χ3n) is 2.36. The Hall–Kier alpha value is -0.850. The first-order valence-electron chi connectivity index (χ1n) is 5.19. The number of carbonyl (C=O) groups is 1. The van der Waals surface area contributed by atoms with E-state index in [2.05, 4.69) is 27.9 Å². The van der Waals surface area contributed by atoms with Gasteiger partial charge in [0.15, 0.2) is 5.82 Å². The molecule has 0 saturated heterocycles. The van der Waals surface area contributed by atoms with Gasteiger partial charge in [0, 0.05) is 9.26 Å². The zero-order valence-corrected chi connectivity index (χ0v) is 13.1. The Balaban J connectivity index is 2.27. The van der Waals surface area contributed by atoms with Gasteiger partial charge in [0.25, 0.3) is 5.91 Å². The van der Waals surface area contributed by atoms with E-state index in [1.165, 1.54) is 12.1 Å². The standard InChI is InChI=1S/C13H7Cl2FINO/c14-9-5-7(6-10(15)12(9)16)18-13(19)8-3-1-2-4-11(8)17/h1-6H,(H,18,19). The molecule has 0 spiro atoms. The minimum Gasteiger partial charge on any atom is -0.322 e. The summed E-state index contributed by atoms with van der Waals surface area (Å²) in [6.07, 6.45) is 0. The van der Waals surface area contributed by atoms with Crippen molar-refractivity contribution >= 4 is 57.4 Å². The molecule has 19 heavy (non-hydrogen) atoms. The van der Waals surface area contributed by atoms with Gasteiger partial charge in [-0.3, -0.25) is 4.79 Å². The number of anilines is 1. The zero-order valence-electron chi connectivity index (χ0n) is 9.38. The van der Waals surface area contributed by atoms with Crippen LogP contribution in [0.4, 0.5) is 10.1 Å². The van der Waals surface area contributed by atoms with E-state index in [-0.39, 0.29) is 16.0 Å². The summed E-state index contributed by atoms with van der Waals surface area (Å²) in [6.45, 7) is 0. The van der Waals surface area contributed by atoms with Crippen molar-refractivity contribution in [2.75, 3.05) is 5.32 Å². The Bertz CT molecular complexity index is 625. The molecule has 2 rings (SSSR count). The van der Waals surface area contributed by atoms with Gasteiger partial charge in [0.2, 0.25) is 0 Å². The molecule has 1 amide bonds. The van der Waals surface area contributed by atoms with Crippen molar-refractivity contribution in [1.29, 1.82) is 0 Å². The smallest absolute Gasteiger partial charge is 0.256 e. The minimum atomic E-state index is -0.698. The van der Waals surface area contributed by atoms with Gasteiger partial charge in [0.1, 0.15) is 0 Å². The molecule has 0 fully saturated rings. The van der Waals surface area contributed by atoms with Crippen molar-refractivity contribution in [3.8, 4) is 0 Å². The van der Waals surface area contributed by atoms with Crippen LogP contribution < -0.4 is 5.32 Å². The van der Waals surface area contributed by atoms with Crippen LogP contribution in [0.2, 0.25) is 10.0 Å². The third kappa shape index (κ3) is 3.38. The summed E-state index contributed by atoms with van der Waals surface area (Å²) in [7, 11) is 0. The fourth-order valence-corrected chi connectivity index (χ4v) is 2.59. The normalized spacial score (nSPS) is 10.3. The second-order valence-electron chi connectivity index (χ2n) is 3.69. The number of rotatable bonds is 2. The average Bonchev–Trinajstić information content (AvgIpc) is 2.36. The van der Waals surface area contributed by atoms with Crippen LogP contribution in [0.5, 0.6) is 0 Å². The molecule has 2 aromatic carbocycles. The molecule has 6 heteroatoms. The lowest BCUT2D eigenvalue weighted by atomic mass is 10.2. The molecule has 0 radical (unpaired) electrons. The summed E-state index contributed by atoms with van der Waals surface area (Å²) in [6, 6.07) is 9.75. The predicted molar refractivity (Wildman–Crippen MR) is 83.5 cm³/mol. The topological polar surface area (TPSA) is 29.1 Å². The third-order valence-corrected chi connectivity index (χ3v) is 3.85. The number of hydrogen-bond donors (Lipinski definition) is 1. The molecule has 0 aromatic heterocycles. The first-order valence-corrected chi connectivity index (χ1v) is 7.03. The molecule has 0 saturated carbocycles. The largest absolute Gasteiger partial charge is 0.322 e. The van der Waals surface area contributed by atoms with Gasteiger partial charge in [-0.1, -0.05) is 35.3 Å². The van der Waals surface area contributed by atoms with Gasteiger partial charge in [-0.15, -0.1) is 0 Å². The van der Waals surface area contributed by atoms with Crippen LogP contribution in [0.25, 0.3) is 0 Å². The number of amides is 1. The van der Waals surface area contributed by atoms with E-state index < -0.39 is 5.82 Å². The molecule has 0 unspecified atom stereocenters. The maximum absolute atomic E-state index is 13.3. The van der Waals surface area contributed by atoms with Crippen LogP contribution in [0.3, 0.4) is 0 Å². The highest BCUT2D eigenvalue weighted by Crippen LogP contribution is 2.27. The number of hydrogen-bond acceptors (Lipinski definition) is 1. The molecule has 2 aromatic rings. The number of halogens is 4. The summed E-state index contributed by atoms with van der Waals surface area (Å²) < 4.78 is 14.1. The Kier molecular flexibility index (Phi) is 4.65. The Labute approximate surface area is 133 Å². The quantitative estimate of drug-likeness (QED) is 0.549. The van der Waals surface area contributed by atoms with E-state index in [4.69, 9.17) is 23.2 Å². The highest BCUT2D eigenvalue weighted by molar-refractivity contribution is 14.1. The van der Waals surface area contributed by atoms with E-state index in [0.717, 1.165) is 3.57 Å². The van der Waals surface area contributed by atoms with Crippen molar-refractivity contribution in [3.05, 3.63) is 61.4 Å². The Morgan fingerprint density at radius 2 is 1.74 bits per heavy atom. The Morgan fingerprint density at radius 3 is 2.32 bits per heavy atom. The SMILES string of the molecule is O=C(Nc1cc(Cl)c(F)c(Cl)c1)c1ccccc1I. The van der Waals surface area contributed by atoms with E-state index in [9.17, 15) is 9.18 Å². The van der Waals surface area contributed by atoms with Crippen LogP contribution in [0, 0.1) is 9.39 Å². The van der Waals surface area contributed by atoms with Crippen LogP contribution in [0.1, 0.15) is 10.4 Å². The second kappa shape index (κ2) is 6.07. The van der Waals surface area contributed by atoms with E-state index in [0.29, 0.717) is 11.3 Å². The maximum atomic E-state index is 13.3. The van der Waals surface area contributed by atoms with Crippen molar-refractivity contribution in [3.63, 3.8) is 0 Å². The zero-order chi connectivity index (χ0) is 14.0. The van der Waals surface area contributed by atoms with Crippen LogP contribution in [0.15, 0.2) is 36.4 Å². The summed E-state index contributed by atoms with van der Waals surface area (Å²) in [5, 5.41) is 2.36.